The van der Waals surface area contributed by atoms with Crippen LogP contribution in [0.1, 0.15) is 39.7 Å². The van der Waals surface area contributed by atoms with E-state index in [4.69, 9.17) is 4.74 Å². The van der Waals surface area contributed by atoms with Gasteiger partial charge in [-0.3, -0.25) is 4.90 Å². The number of benzene rings is 1. The molecule has 0 radical (unpaired) electrons. The molecule has 2 N–H and O–H groups in total. The van der Waals surface area contributed by atoms with E-state index in [2.05, 4.69) is 17.0 Å². The Morgan fingerprint density at radius 1 is 1.18 bits per heavy atom. The molecule has 0 aliphatic carbocycles. The Labute approximate surface area is 133 Å². The van der Waals surface area contributed by atoms with Crippen molar-refractivity contribution in [3.05, 3.63) is 35.9 Å². The molecule has 1 heterocycles. The van der Waals surface area contributed by atoms with E-state index in [9.17, 15) is 10.2 Å². The van der Waals surface area contributed by atoms with Crippen LogP contribution in [-0.4, -0.2) is 51.6 Å². The third kappa shape index (κ3) is 4.07. The van der Waals surface area contributed by atoms with Gasteiger partial charge in [-0.25, -0.2) is 0 Å². The minimum Gasteiger partial charge on any atom is -0.395 e. The third-order valence-electron chi connectivity index (χ3n) is 4.86. The lowest BCUT2D eigenvalue weighted by molar-refractivity contribution is -0.171. The molecule has 0 spiro atoms. The maximum Gasteiger partial charge on any atom is 0.0911 e. The molecule has 124 valence electrons. The van der Waals surface area contributed by atoms with E-state index in [1.165, 1.54) is 5.56 Å². The molecule has 0 amide bonds. The Morgan fingerprint density at radius 3 is 2.36 bits per heavy atom. The molecule has 2 atom stereocenters. The summed E-state index contributed by atoms with van der Waals surface area (Å²) in [4.78, 5) is 2.26. The first-order valence-corrected chi connectivity index (χ1v) is 8.02. The van der Waals surface area contributed by atoms with Crippen molar-refractivity contribution < 1.29 is 14.9 Å². The van der Waals surface area contributed by atoms with Crippen LogP contribution in [0.2, 0.25) is 0 Å². The Balaban J connectivity index is 2.00. The van der Waals surface area contributed by atoms with Gasteiger partial charge in [0.05, 0.1) is 23.9 Å². The van der Waals surface area contributed by atoms with Gasteiger partial charge in [0.15, 0.2) is 0 Å². The van der Waals surface area contributed by atoms with E-state index < -0.39 is 11.2 Å². The van der Waals surface area contributed by atoms with Crippen LogP contribution in [0.25, 0.3) is 0 Å². The molecule has 22 heavy (non-hydrogen) atoms. The fourth-order valence-electron chi connectivity index (χ4n) is 2.79. The van der Waals surface area contributed by atoms with Gasteiger partial charge in [-0.15, -0.1) is 0 Å². The first kappa shape index (κ1) is 17.4. The summed E-state index contributed by atoms with van der Waals surface area (Å²) in [6.45, 7) is 9.10. The zero-order valence-corrected chi connectivity index (χ0v) is 14.1. The number of aliphatic hydroxyl groups excluding tert-OH is 1. The summed E-state index contributed by atoms with van der Waals surface area (Å²) >= 11 is 0. The highest BCUT2D eigenvalue weighted by Crippen LogP contribution is 2.31. The number of hydrogen-bond donors (Lipinski definition) is 2. The predicted octanol–water partition coefficient (Wildman–Crippen LogP) is 2.19. The lowest BCUT2D eigenvalue weighted by Crippen LogP contribution is -2.49. The van der Waals surface area contributed by atoms with Crippen molar-refractivity contribution in [2.75, 3.05) is 13.2 Å². The molecule has 0 aromatic heterocycles. The largest absolute Gasteiger partial charge is 0.395 e. The van der Waals surface area contributed by atoms with Crippen LogP contribution in [0, 0.1) is 0 Å². The van der Waals surface area contributed by atoms with Crippen molar-refractivity contribution in [3.63, 3.8) is 0 Å². The highest BCUT2D eigenvalue weighted by molar-refractivity contribution is 5.15. The molecule has 1 aromatic rings. The number of rotatable bonds is 6. The average molecular weight is 307 g/mol. The fourth-order valence-corrected chi connectivity index (χ4v) is 2.79. The smallest absolute Gasteiger partial charge is 0.0911 e. The number of nitrogens with zero attached hydrogens (tertiary/aromatic N) is 1. The molecule has 4 heteroatoms. The van der Waals surface area contributed by atoms with Crippen LogP contribution in [-0.2, 0) is 11.3 Å². The number of likely N-dealkylation sites (tertiary alicyclic amines) is 1. The molecule has 1 saturated heterocycles. The summed E-state index contributed by atoms with van der Waals surface area (Å²) < 4.78 is 6.16. The van der Waals surface area contributed by atoms with Gasteiger partial charge in [0.25, 0.3) is 0 Å². The Kier molecular flexibility index (Phi) is 5.28. The topological polar surface area (TPSA) is 52.9 Å². The highest BCUT2D eigenvalue weighted by Gasteiger charge is 2.41. The lowest BCUT2D eigenvalue weighted by Gasteiger charge is -2.39. The van der Waals surface area contributed by atoms with Gasteiger partial charge in [0, 0.05) is 19.1 Å². The van der Waals surface area contributed by atoms with Crippen molar-refractivity contribution in [3.8, 4) is 0 Å². The number of aliphatic hydroxyl groups is 2. The summed E-state index contributed by atoms with van der Waals surface area (Å²) in [5.41, 5.74) is -0.294. The summed E-state index contributed by atoms with van der Waals surface area (Å²) in [6, 6.07) is 10.4. The van der Waals surface area contributed by atoms with Crippen molar-refractivity contribution in [1.82, 2.24) is 4.90 Å². The average Bonchev–Trinajstić information content (AvgIpc) is 2.79. The predicted molar refractivity (Wildman–Crippen MR) is 87.6 cm³/mol. The van der Waals surface area contributed by atoms with Crippen LogP contribution in [0.15, 0.2) is 30.3 Å². The van der Waals surface area contributed by atoms with Crippen molar-refractivity contribution in [2.45, 2.75) is 64.0 Å². The standard InChI is InChI=1S/C18H29NO3/c1-17(2,21)18(3,4)22-16-10-15(13-20)19(12-16)11-14-8-6-5-7-9-14/h5-9,15-16,20-21H,10-13H2,1-4H3. The van der Waals surface area contributed by atoms with Crippen molar-refractivity contribution in [2.24, 2.45) is 0 Å². The first-order chi connectivity index (χ1) is 10.2. The van der Waals surface area contributed by atoms with Crippen molar-refractivity contribution in [1.29, 1.82) is 0 Å². The Morgan fingerprint density at radius 2 is 1.82 bits per heavy atom. The molecule has 2 unspecified atom stereocenters. The molecule has 0 saturated carbocycles. The highest BCUT2D eigenvalue weighted by atomic mass is 16.5. The van der Waals surface area contributed by atoms with Gasteiger partial charge < -0.3 is 14.9 Å². The molecule has 4 nitrogen and oxygen atoms in total. The normalized spacial score (nSPS) is 23.9. The van der Waals surface area contributed by atoms with Crippen LogP contribution < -0.4 is 0 Å². The van der Waals surface area contributed by atoms with Gasteiger partial charge in [-0.1, -0.05) is 30.3 Å². The number of hydrogen-bond acceptors (Lipinski definition) is 4. The van der Waals surface area contributed by atoms with E-state index in [0.29, 0.717) is 0 Å². The Hall–Kier alpha value is -0.940. The van der Waals surface area contributed by atoms with Crippen LogP contribution in [0.4, 0.5) is 0 Å². The first-order valence-electron chi connectivity index (χ1n) is 8.02. The number of ether oxygens (including phenoxy) is 1. The minimum atomic E-state index is -0.908. The zero-order valence-electron chi connectivity index (χ0n) is 14.1. The van der Waals surface area contributed by atoms with Crippen molar-refractivity contribution >= 4 is 0 Å². The van der Waals surface area contributed by atoms with E-state index in [-0.39, 0.29) is 18.8 Å². The van der Waals surface area contributed by atoms with Gasteiger partial charge in [0.1, 0.15) is 0 Å². The van der Waals surface area contributed by atoms with E-state index in [0.717, 1.165) is 19.5 Å². The maximum atomic E-state index is 10.2. The SMILES string of the molecule is CC(C)(O)C(C)(C)OC1CC(CO)N(Cc2ccccc2)C1. The van der Waals surface area contributed by atoms with Crippen LogP contribution in [0.3, 0.4) is 0 Å². The van der Waals surface area contributed by atoms with Gasteiger partial charge in [-0.2, -0.15) is 0 Å². The molecular weight excluding hydrogens is 278 g/mol. The molecule has 2 rings (SSSR count). The zero-order chi connectivity index (χ0) is 16.4. The quantitative estimate of drug-likeness (QED) is 0.846. The second kappa shape index (κ2) is 6.67. The second-order valence-electron chi connectivity index (χ2n) is 7.30. The third-order valence-corrected chi connectivity index (χ3v) is 4.86. The van der Waals surface area contributed by atoms with E-state index in [1.807, 2.05) is 32.0 Å². The summed E-state index contributed by atoms with van der Waals surface area (Å²) in [5, 5.41) is 19.9. The molecule has 1 fully saturated rings. The van der Waals surface area contributed by atoms with Crippen LogP contribution >= 0.6 is 0 Å². The fraction of sp³-hybridized carbons (Fsp3) is 0.667. The summed E-state index contributed by atoms with van der Waals surface area (Å²) in [5.74, 6) is 0. The van der Waals surface area contributed by atoms with Crippen LogP contribution in [0.5, 0.6) is 0 Å². The molecule has 0 bridgehead atoms. The monoisotopic (exact) mass is 307 g/mol. The maximum absolute atomic E-state index is 10.2. The van der Waals surface area contributed by atoms with Gasteiger partial charge >= 0.3 is 0 Å². The molecule has 1 aliphatic rings. The summed E-state index contributed by atoms with van der Waals surface area (Å²) in [6.07, 6.45) is 0.824. The molecule has 1 aliphatic heterocycles. The van der Waals surface area contributed by atoms with Gasteiger partial charge in [0.2, 0.25) is 0 Å². The molecule has 1 aromatic carbocycles. The Bertz CT molecular complexity index is 467. The second-order valence-corrected chi connectivity index (χ2v) is 7.30. The van der Waals surface area contributed by atoms with Gasteiger partial charge in [-0.05, 0) is 39.7 Å². The summed E-state index contributed by atoms with van der Waals surface area (Å²) in [7, 11) is 0. The lowest BCUT2D eigenvalue weighted by atomic mass is 9.89. The molecular formula is C18H29NO3. The van der Waals surface area contributed by atoms with E-state index >= 15 is 0 Å². The minimum absolute atomic E-state index is 0.0299. The van der Waals surface area contributed by atoms with E-state index in [1.54, 1.807) is 13.8 Å².